The third-order valence-corrected chi connectivity index (χ3v) is 2.91. The van der Waals surface area contributed by atoms with Crippen molar-refractivity contribution in [1.29, 1.82) is 0 Å². The van der Waals surface area contributed by atoms with Crippen LogP contribution in [0.4, 0.5) is 5.82 Å². The average molecular weight is 217 g/mol. The smallest absolute Gasteiger partial charge is 0.128 e. The van der Waals surface area contributed by atoms with Gasteiger partial charge in [-0.15, -0.1) is 0 Å². The number of nitrogens with one attached hydrogen (secondary N) is 2. The topological polar surface area (TPSA) is 37.0 Å². The van der Waals surface area contributed by atoms with Gasteiger partial charge in [0.1, 0.15) is 5.82 Å². The van der Waals surface area contributed by atoms with Gasteiger partial charge in [-0.1, -0.05) is 17.7 Å². The van der Waals surface area contributed by atoms with Crippen molar-refractivity contribution in [2.24, 2.45) is 0 Å². The first-order valence-corrected chi connectivity index (χ1v) is 5.90. The molecule has 0 aromatic carbocycles. The molecule has 3 nitrogen and oxygen atoms in total. The van der Waals surface area contributed by atoms with E-state index in [1.54, 1.807) is 5.57 Å². The number of nitrogens with zero attached hydrogens (tertiary/aromatic N) is 1. The van der Waals surface area contributed by atoms with E-state index < -0.39 is 0 Å². The molecule has 0 atom stereocenters. The molecule has 0 spiro atoms. The summed E-state index contributed by atoms with van der Waals surface area (Å²) in [4.78, 5) is 4.32. The minimum Gasteiger partial charge on any atom is -0.370 e. The number of anilines is 1. The van der Waals surface area contributed by atoms with Crippen LogP contribution in [0.1, 0.15) is 18.4 Å². The van der Waals surface area contributed by atoms with Gasteiger partial charge < -0.3 is 10.6 Å². The second-order valence-corrected chi connectivity index (χ2v) is 4.16. The summed E-state index contributed by atoms with van der Waals surface area (Å²) < 4.78 is 0. The molecule has 0 amide bonds. The maximum absolute atomic E-state index is 4.32. The van der Waals surface area contributed by atoms with E-state index >= 15 is 0 Å². The molecule has 3 heteroatoms. The van der Waals surface area contributed by atoms with Crippen molar-refractivity contribution in [3.63, 3.8) is 0 Å². The van der Waals surface area contributed by atoms with E-state index in [1.807, 2.05) is 12.3 Å². The Morgan fingerprint density at radius 1 is 1.50 bits per heavy atom. The molecule has 2 rings (SSSR count). The van der Waals surface area contributed by atoms with Crippen LogP contribution in [0, 0.1) is 6.92 Å². The van der Waals surface area contributed by atoms with Crippen molar-refractivity contribution >= 4 is 5.82 Å². The summed E-state index contributed by atoms with van der Waals surface area (Å²) in [5.41, 5.74) is 2.77. The fraction of sp³-hybridized carbons (Fsp3) is 0.462. The van der Waals surface area contributed by atoms with E-state index in [4.69, 9.17) is 0 Å². The van der Waals surface area contributed by atoms with Crippen molar-refractivity contribution in [2.75, 3.05) is 25.0 Å². The number of aromatic nitrogens is 1. The molecule has 0 fully saturated rings. The van der Waals surface area contributed by atoms with Gasteiger partial charge in [0.15, 0.2) is 0 Å². The quantitative estimate of drug-likeness (QED) is 0.758. The zero-order chi connectivity index (χ0) is 11.2. The van der Waals surface area contributed by atoms with Gasteiger partial charge in [-0.25, -0.2) is 4.98 Å². The van der Waals surface area contributed by atoms with Gasteiger partial charge in [0.2, 0.25) is 0 Å². The highest BCUT2D eigenvalue weighted by atomic mass is 15.0. The number of pyridine rings is 1. The van der Waals surface area contributed by atoms with Crippen LogP contribution in [-0.2, 0) is 0 Å². The Balaban J connectivity index is 1.80. The zero-order valence-electron chi connectivity index (χ0n) is 9.79. The molecule has 0 saturated heterocycles. The standard InChI is InChI=1S/C13H19N3/c1-11-3-2-7-15-13(11)16-10-6-12-4-8-14-9-5-12/h2-4,7,14H,5-6,8-10H2,1H3,(H,15,16). The second kappa shape index (κ2) is 5.66. The molecular weight excluding hydrogens is 198 g/mol. The Hall–Kier alpha value is -1.35. The summed E-state index contributed by atoms with van der Waals surface area (Å²) in [5.74, 6) is 1.01. The predicted molar refractivity (Wildman–Crippen MR) is 67.7 cm³/mol. The van der Waals surface area contributed by atoms with Gasteiger partial charge in [-0.05, 0) is 37.9 Å². The van der Waals surface area contributed by atoms with Crippen molar-refractivity contribution < 1.29 is 0 Å². The first-order chi connectivity index (χ1) is 7.86. The molecule has 16 heavy (non-hydrogen) atoms. The summed E-state index contributed by atoms with van der Waals surface area (Å²) in [6.07, 6.45) is 6.44. The molecule has 1 aromatic heterocycles. The van der Waals surface area contributed by atoms with Crippen LogP contribution in [0.25, 0.3) is 0 Å². The van der Waals surface area contributed by atoms with Gasteiger partial charge in [-0.3, -0.25) is 0 Å². The Morgan fingerprint density at radius 2 is 2.44 bits per heavy atom. The predicted octanol–water partition coefficient (Wildman–Crippen LogP) is 2.11. The van der Waals surface area contributed by atoms with Crippen molar-refractivity contribution in [3.8, 4) is 0 Å². The SMILES string of the molecule is Cc1cccnc1NCCC1=CCNCC1. The summed E-state index contributed by atoms with van der Waals surface area (Å²) in [6, 6.07) is 4.05. The maximum Gasteiger partial charge on any atom is 0.128 e. The fourth-order valence-electron chi connectivity index (χ4n) is 1.91. The Kier molecular flexibility index (Phi) is 3.94. The van der Waals surface area contributed by atoms with E-state index in [0.29, 0.717) is 0 Å². The fourth-order valence-corrected chi connectivity index (χ4v) is 1.91. The van der Waals surface area contributed by atoms with Crippen LogP contribution < -0.4 is 10.6 Å². The van der Waals surface area contributed by atoms with Crippen LogP contribution in [0.5, 0.6) is 0 Å². The van der Waals surface area contributed by atoms with E-state index in [-0.39, 0.29) is 0 Å². The molecule has 1 aliphatic heterocycles. The van der Waals surface area contributed by atoms with E-state index in [1.165, 1.54) is 12.0 Å². The second-order valence-electron chi connectivity index (χ2n) is 4.16. The third kappa shape index (κ3) is 3.07. The largest absolute Gasteiger partial charge is 0.370 e. The molecule has 0 bridgehead atoms. The van der Waals surface area contributed by atoms with Gasteiger partial charge in [0, 0.05) is 19.3 Å². The zero-order valence-corrected chi connectivity index (χ0v) is 9.79. The minimum atomic E-state index is 0.976. The van der Waals surface area contributed by atoms with Crippen LogP contribution >= 0.6 is 0 Å². The lowest BCUT2D eigenvalue weighted by Crippen LogP contribution is -2.21. The Bertz CT molecular complexity index is 371. The van der Waals surface area contributed by atoms with Crippen LogP contribution in [0.3, 0.4) is 0 Å². The van der Waals surface area contributed by atoms with E-state index in [0.717, 1.165) is 31.9 Å². The molecule has 0 aliphatic carbocycles. The first kappa shape index (κ1) is 11.1. The Labute approximate surface area is 97.0 Å². The molecule has 0 unspecified atom stereocenters. The number of hydrogen-bond donors (Lipinski definition) is 2. The van der Waals surface area contributed by atoms with Gasteiger partial charge >= 0.3 is 0 Å². The Morgan fingerprint density at radius 3 is 3.19 bits per heavy atom. The molecule has 0 saturated carbocycles. The highest BCUT2D eigenvalue weighted by molar-refractivity contribution is 5.42. The van der Waals surface area contributed by atoms with Gasteiger partial charge in [-0.2, -0.15) is 0 Å². The maximum atomic E-state index is 4.32. The highest BCUT2D eigenvalue weighted by Gasteiger charge is 2.03. The summed E-state index contributed by atoms with van der Waals surface area (Å²) in [6.45, 7) is 5.20. The van der Waals surface area contributed by atoms with Crippen molar-refractivity contribution in [2.45, 2.75) is 19.8 Å². The van der Waals surface area contributed by atoms with Crippen LogP contribution in [0.15, 0.2) is 30.0 Å². The van der Waals surface area contributed by atoms with Crippen molar-refractivity contribution in [3.05, 3.63) is 35.5 Å². The molecule has 0 radical (unpaired) electrons. The molecule has 86 valence electrons. The normalized spacial score (nSPS) is 15.7. The number of rotatable bonds is 4. The number of hydrogen-bond acceptors (Lipinski definition) is 3. The summed E-state index contributed by atoms with van der Waals surface area (Å²) in [5, 5.41) is 6.71. The summed E-state index contributed by atoms with van der Waals surface area (Å²) in [7, 11) is 0. The minimum absolute atomic E-state index is 0.976. The highest BCUT2D eigenvalue weighted by Crippen LogP contribution is 2.12. The average Bonchev–Trinajstić information content (AvgIpc) is 2.33. The van der Waals surface area contributed by atoms with Gasteiger partial charge in [0.05, 0.1) is 0 Å². The molecule has 1 aromatic rings. The summed E-state index contributed by atoms with van der Waals surface area (Å²) >= 11 is 0. The van der Waals surface area contributed by atoms with E-state index in [9.17, 15) is 0 Å². The lowest BCUT2D eigenvalue weighted by molar-refractivity contribution is 0.683. The lowest BCUT2D eigenvalue weighted by Gasteiger charge is -2.14. The van der Waals surface area contributed by atoms with Crippen LogP contribution in [0.2, 0.25) is 0 Å². The molecule has 2 heterocycles. The first-order valence-electron chi connectivity index (χ1n) is 5.90. The molecule has 2 N–H and O–H groups in total. The van der Waals surface area contributed by atoms with E-state index in [2.05, 4.69) is 34.7 Å². The van der Waals surface area contributed by atoms with Crippen LogP contribution in [-0.4, -0.2) is 24.6 Å². The van der Waals surface area contributed by atoms with Gasteiger partial charge in [0.25, 0.3) is 0 Å². The molecule has 1 aliphatic rings. The third-order valence-electron chi connectivity index (χ3n) is 2.91. The van der Waals surface area contributed by atoms with Crippen molar-refractivity contribution in [1.82, 2.24) is 10.3 Å². The monoisotopic (exact) mass is 217 g/mol. The number of aryl methyl sites for hydroxylation is 1. The molecular formula is C13H19N3. The lowest BCUT2D eigenvalue weighted by atomic mass is 10.1.